The smallest absolute Gasteiger partial charge is 0.224 e. The van der Waals surface area contributed by atoms with Gasteiger partial charge >= 0.3 is 0 Å². The number of hydrogen-bond donors (Lipinski definition) is 1. The lowest BCUT2D eigenvalue weighted by atomic mass is 10.1. The van der Waals surface area contributed by atoms with Crippen LogP contribution in [0.5, 0.6) is 0 Å². The highest BCUT2D eigenvalue weighted by Crippen LogP contribution is 2.25. The van der Waals surface area contributed by atoms with Gasteiger partial charge in [-0.1, -0.05) is 26.7 Å². The first kappa shape index (κ1) is 16.7. The molecule has 0 aromatic heterocycles. The second kappa shape index (κ2) is 7.09. The summed E-state index contributed by atoms with van der Waals surface area (Å²) < 4.78 is 23.4. The van der Waals surface area contributed by atoms with Crippen molar-refractivity contribution in [2.24, 2.45) is 5.92 Å². The molecule has 1 unspecified atom stereocenters. The predicted octanol–water partition coefficient (Wildman–Crippen LogP) is 1.19. The van der Waals surface area contributed by atoms with E-state index in [1.165, 1.54) is 12.8 Å². The van der Waals surface area contributed by atoms with E-state index in [1.54, 1.807) is 0 Å². The van der Waals surface area contributed by atoms with Crippen LogP contribution < -0.4 is 5.32 Å². The number of hydrogen-bond acceptors (Lipinski definition) is 4. The molecule has 2 fully saturated rings. The van der Waals surface area contributed by atoms with E-state index in [0.29, 0.717) is 24.9 Å². The summed E-state index contributed by atoms with van der Waals surface area (Å²) in [6.45, 7) is 5.49. The lowest BCUT2D eigenvalue weighted by molar-refractivity contribution is -0.134. The monoisotopic (exact) mass is 316 g/mol. The molecule has 1 saturated heterocycles. The summed E-state index contributed by atoms with van der Waals surface area (Å²) in [5.41, 5.74) is 0. The fourth-order valence-electron chi connectivity index (χ4n) is 3.39. The number of rotatable bonds is 5. The van der Waals surface area contributed by atoms with Gasteiger partial charge in [0, 0.05) is 31.6 Å². The van der Waals surface area contributed by atoms with Gasteiger partial charge in [-0.3, -0.25) is 4.79 Å². The number of carbonyl (C=O) groups excluding carboxylic acids is 1. The SMILES string of the molecule is CC(C)CN(C(=O)CC1CS(=O)(=O)CCN1)C1CCCC1. The van der Waals surface area contributed by atoms with Crippen molar-refractivity contribution in [1.82, 2.24) is 10.2 Å². The first-order valence-electron chi connectivity index (χ1n) is 8.10. The molecule has 0 spiro atoms. The van der Waals surface area contributed by atoms with Gasteiger partial charge < -0.3 is 10.2 Å². The van der Waals surface area contributed by atoms with Crippen molar-refractivity contribution in [2.45, 2.75) is 58.0 Å². The van der Waals surface area contributed by atoms with Crippen molar-refractivity contribution in [3.8, 4) is 0 Å². The van der Waals surface area contributed by atoms with E-state index in [-0.39, 0.29) is 23.5 Å². The summed E-state index contributed by atoms with van der Waals surface area (Å²) in [6.07, 6.45) is 4.89. The zero-order valence-electron chi connectivity index (χ0n) is 13.2. The number of carbonyl (C=O) groups is 1. The van der Waals surface area contributed by atoms with Crippen LogP contribution in [0.1, 0.15) is 46.0 Å². The highest BCUT2D eigenvalue weighted by molar-refractivity contribution is 7.91. The molecule has 0 aromatic rings. The van der Waals surface area contributed by atoms with Crippen LogP contribution in [0.15, 0.2) is 0 Å². The Bertz CT molecular complexity index is 456. The van der Waals surface area contributed by atoms with Gasteiger partial charge in [0.2, 0.25) is 5.91 Å². The molecule has 5 nitrogen and oxygen atoms in total. The molecule has 0 bridgehead atoms. The molecule has 1 N–H and O–H groups in total. The molecule has 0 aromatic carbocycles. The van der Waals surface area contributed by atoms with Crippen molar-refractivity contribution < 1.29 is 13.2 Å². The lowest BCUT2D eigenvalue weighted by Gasteiger charge is -2.33. The van der Waals surface area contributed by atoms with E-state index >= 15 is 0 Å². The fourth-order valence-corrected chi connectivity index (χ4v) is 4.83. The van der Waals surface area contributed by atoms with Crippen molar-refractivity contribution in [1.29, 1.82) is 0 Å². The molecule has 2 rings (SSSR count). The third-order valence-corrected chi connectivity index (χ3v) is 6.11. The Labute approximate surface area is 128 Å². The van der Waals surface area contributed by atoms with E-state index < -0.39 is 9.84 Å². The van der Waals surface area contributed by atoms with E-state index in [2.05, 4.69) is 19.2 Å². The molecule has 1 heterocycles. The largest absolute Gasteiger partial charge is 0.339 e. The first-order valence-corrected chi connectivity index (χ1v) is 9.93. The van der Waals surface area contributed by atoms with Crippen molar-refractivity contribution in [3.63, 3.8) is 0 Å². The molecule has 1 aliphatic carbocycles. The number of sulfone groups is 1. The molecular weight excluding hydrogens is 288 g/mol. The minimum atomic E-state index is -2.98. The molecule has 0 radical (unpaired) electrons. The van der Waals surface area contributed by atoms with Crippen LogP contribution in [-0.4, -0.2) is 55.9 Å². The Hall–Kier alpha value is -0.620. The maximum atomic E-state index is 12.6. The van der Waals surface area contributed by atoms with Crippen LogP contribution in [0.4, 0.5) is 0 Å². The molecule has 21 heavy (non-hydrogen) atoms. The fraction of sp³-hybridized carbons (Fsp3) is 0.933. The third kappa shape index (κ3) is 4.95. The average Bonchev–Trinajstić information content (AvgIpc) is 2.87. The van der Waals surface area contributed by atoms with Crippen LogP contribution in [-0.2, 0) is 14.6 Å². The maximum absolute atomic E-state index is 12.6. The number of nitrogens with one attached hydrogen (secondary N) is 1. The molecule has 1 aliphatic heterocycles. The van der Waals surface area contributed by atoms with Crippen LogP contribution in [0, 0.1) is 5.92 Å². The highest BCUT2D eigenvalue weighted by atomic mass is 32.2. The van der Waals surface area contributed by atoms with E-state index in [0.717, 1.165) is 19.4 Å². The number of amides is 1. The second-order valence-electron chi connectivity index (χ2n) is 6.85. The zero-order chi connectivity index (χ0) is 15.5. The zero-order valence-corrected chi connectivity index (χ0v) is 14.0. The van der Waals surface area contributed by atoms with Crippen molar-refractivity contribution in [3.05, 3.63) is 0 Å². The van der Waals surface area contributed by atoms with Crippen LogP contribution >= 0.6 is 0 Å². The van der Waals surface area contributed by atoms with Crippen LogP contribution in [0.25, 0.3) is 0 Å². The summed E-state index contributed by atoms with van der Waals surface area (Å²) in [6, 6.07) is 0.146. The Morgan fingerprint density at radius 1 is 1.29 bits per heavy atom. The molecule has 2 aliphatic rings. The van der Waals surface area contributed by atoms with E-state index in [4.69, 9.17) is 0 Å². The lowest BCUT2D eigenvalue weighted by Crippen LogP contribution is -2.49. The summed E-state index contributed by atoms with van der Waals surface area (Å²) in [5.74, 6) is 0.845. The maximum Gasteiger partial charge on any atom is 0.224 e. The van der Waals surface area contributed by atoms with Gasteiger partial charge in [-0.05, 0) is 18.8 Å². The predicted molar refractivity (Wildman–Crippen MR) is 83.9 cm³/mol. The Morgan fingerprint density at radius 2 is 1.95 bits per heavy atom. The number of nitrogens with zero attached hydrogens (tertiary/aromatic N) is 1. The minimum absolute atomic E-state index is 0.0962. The summed E-state index contributed by atoms with van der Waals surface area (Å²) in [5, 5.41) is 3.18. The summed E-state index contributed by atoms with van der Waals surface area (Å²) >= 11 is 0. The van der Waals surface area contributed by atoms with Crippen LogP contribution in [0.3, 0.4) is 0 Å². The van der Waals surface area contributed by atoms with Gasteiger partial charge in [0.05, 0.1) is 11.5 Å². The Morgan fingerprint density at radius 3 is 2.52 bits per heavy atom. The van der Waals surface area contributed by atoms with Gasteiger partial charge in [-0.2, -0.15) is 0 Å². The van der Waals surface area contributed by atoms with Gasteiger partial charge in [-0.15, -0.1) is 0 Å². The second-order valence-corrected chi connectivity index (χ2v) is 9.08. The topological polar surface area (TPSA) is 66.5 Å². The first-order chi connectivity index (χ1) is 9.87. The molecule has 122 valence electrons. The van der Waals surface area contributed by atoms with Crippen molar-refractivity contribution in [2.75, 3.05) is 24.6 Å². The standard InChI is InChI=1S/C15H28N2O3S/c1-12(2)10-17(14-5-3-4-6-14)15(18)9-13-11-21(19,20)8-7-16-13/h12-14,16H,3-11H2,1-2H3. The van der Waals surface area contributed by atoms with E-state index in [1.807, 2.05) is 4.90 Å². The Kier molecular flexibility index (Phi) is 5.66. The average molecular weight is 316 g/mol. The third-order valence-electron chi connectivity index (χ3n) is 4.37. The summed E-state index contributed by atoms with van der Waals surface area (Å²) in [4.78, 5) is 14.7. The molecule has 6 heteroatoms. The minimum Gasteiger partial charge on any atom is -0.339 e. The van der Waals surface area contributed by atoms with Crippen molar-refractivity contribution >= 4 is 15.7 Å². The van der Waals surface area contributed by atoms with E-state index in [9.17, 15) is 13.2 Å². The molecule has 1 amide bonds. The highest BCUT2D eigenvalue weighted by Gasteiger charge is 2.31. The van der Waals surface area contributed by atoms with Gasteiger partial charge in [-0.25, -0.2) is 8.42 Å². The normalized spacial score (nSPS) is 26.1. The van der Waals surface area contributed by atoms with Gasteiger partial charge in [0.15, 0.2) is 9.84 Å². The summed E-state index contributed by atoms with van der Waals surface area (Å²) in [7, 11) is -2.98. The van der Waals surface area contributed by atoms with Gasteiger partial charge in [0.25, 0.3) is 0 Å². The molecular formula is C15H28N2O3S. The van der Waals surface area contributed by atoms with Gasteiger partial charge in [0.1, 0.15) is 0 Å². The molecule has 1 saturated carbocycles. The van der Waals surface area contributed by atoms with Crippen LogP contribution in [0.2, 0.25) is 0 Å². The quantitative estimate of drug-likeness (QED) is 0.827. The molecule has 1 atom stereocenters. The Balaban J connectivity index is 1.97.